The van der Waals surface area contributed by atoms with Gasteiger partial charge < -0.3 is 20.5 Å². The Balaban J connectivity index is 1.71. The van der Waals surface area contributed by atoms with E-state index < -0.39 is 0 Å². The molecule has 0 radical (unpaired) electrons. The fourth-order valence-electron chi connectivity index (χ4n) is 2.42. The summed E-state index contributed by atoms with van der Waals surface area (Å²) in [6.07, 6.45) is 2.00. The molecule has 0 unspecified atom stereocenters. The van der Waals surface area contributed by atoms with E-state index in [1.807, 2.05) is 49.4 Å². The summed E-state index contributed by atoms with van der Waals surface area (Å²) in [6, 6.07) is 16.1. The van der Waals surface area contributed by atoms with Crippen LogP contribution in [0.5, 0.6) is 5.75 Å². The van der Waals surface area contributed by atoms with Crippen molar-refractivity contribution in [2.75, 3.05) is 32.0 Å². The maximum absolute atomic E-state index is 6.11. The highest BCUT2D eigenvalue weighted by Crippen LogP contribution is 2.23. The maximum atomic E-state index is 6.11. The molecule has 0 atom stereocenters. The van der Waals surface area contributed by atoms with Gasteiger partial charge in [0, 0.05) is 13.2 Å². The minimum Gasteiger partial charge on any atom is -0.487 e. The van der Waals surface area contributed by atoms with Crippen LogP contribution in [0.3, 0.4) is 0 Å². The van der Waals surface area contributed by atoms with Gasteiger partial charge in [0.1, 0.15) is 12.4 Å². The van der Waals surface area contributed by atoms with Gasteiger partial charge >= 0.3 is 0 Å². The molecule has 0 aliphatic carbocycles. The molecule has 4 nitrogen and oxygen atoms in total. The van der Waals surface area contributed by atoms with E-state index in [2.05, 4.69) is 11.4 Å². The van der Waals surface area contributed by atoms with Gasteiger partial charge in [0.05, 0.1) is 5.69 Å². The zero-order valence-corrected chi connectivity index (χ0v) is 14.5. The molecule has 0 aliphatic heterocycles. The Bertz CT molecular complexity index is 587. The molecule has 0 spiro atoms. The average Bonchev–Trinajstić information content (AvgIpc) is 2.61. The molecule has 2 aromatic carbocycles. The first kappa shape index (κ1) is 18.3. The van der Waals surface area contributed by atoms with E-state index in [-0.39, 0.29) is 0 Å². The molecule has 0 aromatic heterocycles. The van der Waals surface area contributed by atoms with Crippen molar-refractivity contribution in [1.82, 2.24) is 5.32 Å². The van der Waals surface area contributed by atoms with Gasteiger partial charge in [-0.05, 0) is 56.1 Å². The van der Waals surface area contributed by atoms with Gasteiger partial charge in [0.25, 0.3) is 0 Å². The van der Waals surface area contributed by atoms with Gasteiger partial charge in [0.2, 0.25) is 0 Å². The lowest BCUT2D eigenvalue weighted by Crippen LogP contribution is -2.19. The van der Waals surface area contributed by atoms with E-state index in [9.17, 15) is 0 Å². The lowest BCUT2D eigenvalue weighted by Gasteiger charge is -2.11. The van der Waals surface area contributed by atoms with E-state index in [1.54, 1.807) is 0 Å². The number of nitrogens with two attached hydrogens (primary N) is 1. The fourth-order valence-corrected chi connectivity index (χ4v) is 2.42. The molecule has 0 amide bonds. The molecule has 0 saturated carbocycles. The van der Waals surface area contributed by atoms with Crippen LogP contribution in [-0.4, -0.2) is 26.3 Å². The van der Waals surface area contributed by atoms with Gasteiger partial charge in [-0.2, -0.15) is 0 Å². The third-order valence-electron chi connectivity index (χ3n) is 3.75. The number of rotatable bonds is 11. The van der Waals surface area contributed by atoms with Crippen LogP contribution in [0.15, 0.2) is 48.5 Å². The molecular formula is C20H28N2O2. The Kier molecular flexibility index (Phi) is 8.15. The van der Waals surface area contributed by atoms with E-state index >= 15 is 0 Å². The topological polar surface area (TPSA) is 56.5 Å². The van der Waals surface area contributed by atoms with E-state index in [1.165, 1.54) is 5.56 Å². The van der Waals surface area contributed by atoms with Gasteiger partial charge in [-0.1, -0.05) is 36.4 Å². The zero-order valence-electron chi connectivity index (χ0n) is 14.5. The number of hydrogen-bond donors (Lipinski definition) is 2. The first-order valence-corrected chi connectivity index (χ1v) is 8.63. The summed E-state index contributed by atoms with van der Waals surface area (Å²) < 4.78 is 11.1. The first-order chi connectivity index (χ1) is 11.8. The number of anilines is 1. The average molecular weight is 328 g/mol. The SMILES string of the molecule is CCOCCCNCCc1ccc(OCc2ccccc2)c(N)c1. The number of benzene rings is 2. The molecule has 0 heterocycles. The summed E-state index contributed by atoms with van der Waals surface area (Å²) in [7, 11) is 0. The Morgan fingerprint density at radius 3 is 2.58 bits per heavy atom. The van der Waals surface area contributed by atoms with Gasteiger partial charge in [-0.15, -0.1) is 0 Å². The summed E-state index contributed by atoms with van der Waals surface area (Å²) >= 11 is 0. The van der Waals surface area contributed by atoms with Crippen molar-refractivity contribution in [3.8, 4) is 5.75 Å². The van der Waals surface area contributed by atoms with Crippen LogP contribution in [0.2, 0.25) is 0 Å². The molecule has 2 rings (SSSR count). The van der Waals surface area contributed by atoms with Crippen LogP contribution in [-0.2, 0) is 17.8 Å². The van der Waals surface area contributed by atoms with Crippen molar-refractivity contribution in [1.29, 1.82) is 0 Å². The van der Waals surface area contributed by atoms with Crippen molar-refractivity contribution >= 4 is 5.69 Å². The largest absolute Gasteiger partial charge is 0.487 e. The molecule has 0 saturated heterocycles. The second-order valence-electron chi connectivity index (χ2n) is 5.70. The summed E-state index contributed by atoms with van der Waals surface area (Å²) in [5.41, 5.74) is 9.16. The monoisotopic (exact) mass is 328 g/mol. The van der Waals surface area contributed by atoms with Gasteiger partial charge in [-0.25, -0.2) is 0 Å². The molecular weight excluding hydrogens is 300 g/mol. The molecule has 130 valence electrons. The second-order valence-corrected chi connectivity index (χ2v) is 5.70. The van der Waals surface area contributed by atoms with E-state index in [0.29, 0.717) is 12.3 Å². The molecule has 2 aromatic rings. The number of hydrogen-bond acceptors (Lipinski definition) is 4. The van der Waals surface area contributed by atoms with Crippen molar-refractivity contribution < 1.29 is 9.47 Å². The smallest absolute Gasteiger partial charge is 0.142 e. The summed E-state index contributed by atoms with van der Waals surface area (Å²) in [4.78, 5) is 0. The normalized spacial score (nSPS) is 10.7. The third-order valence-corrected chi connectivity index (χ3v) is 3.75. The highest BCUT2D eigenvalue weighted by Gasteiger charge is 2.03. The van der Waals surface area contributed by atoms with E-state index in [0.717, 1.165) is 50.5 Å². The van der Waals surface area contributed by atoms with Gasteiger partial charge in [-0.3, -0.25) is 0 Å². The van der Waals surface area contributed by atoms with Crippen LogP contribution in [0.1, 0.15) is 24.5 Å². The van der Waals surface area contributed by atoms with E-state index in [4.69, 9.17) is 15.2 Å². The summed E-state index contributed by atoms with van der Waals surface area (Å²) in [5.74, 6) is 0.743. The van der Waals surface area contributed by atoms with Crippen molar-refractivity contribution in [3.05, 3.63) is 59.7 Å². The number of nitrogen functional groups attached to an aromatic ring is 1. The quantitative estimate of drug-likeness (QED) is 0.490. The molecule has 0 aliphatic rings. The summed E-state index contributed by atoms with van der Waals surface area (Å²) in [5, 5.41) is 3.42. The minimum absolute atomic E-state index is 0.534. The Labute approximate surface area is 145 Å². The Hall–Kier alpha value is -2.04. The van der Waals surface area contributed by atoms with Crippen LogP contribution >= 0.6 is 0 Å². The van der Waals surface area contributed by atoms with Crippen molar-refractivity contribution in [3.63, 3.8) is 0 Å². The molecule has 3 N–H and O–H groups in total. The first-order valence-electron chi connectivity index (χ1n) is 8.63. The standard InChI is InChI=1S/C20H28N2O2/c1-2-23-14-6-12-22-13-11-17-9-10-20(19(21)15-17)24-16-18-7-4-3-5-8-18/h3-5,7-10,15,22H,2,6,11-14,16,21H2,1H3. The molecule has 24 heavy (non-hydrogen) atoms. The zero-order chi connectivity index (χ0) is 17.0. The van der Waals surface area contributed by atoms with Crippen LogP contribution in [0, 0.1) is 0 Å². The second kappa shape index (κ2) is 10.7. The minimum atomic E-state index is 0.534. The van der Waals surface area contributed by atoms with Crippen molar-refractivity contribution in [2.45, 2.75) is 26.4 Å². The third kappa shape index (κ3) is 6.60. The van der Waals surface area contributed by atoms with Crippen LogP contribution in [0.4, 0.5) is 5.69 Å². The fraction of sp³-hybridized carbons (Fsp3) is 0.400. The molecule has 0 fully saturated rings. The lowest BCUT2D eigenvalue weighted by atomic mass is 10.1. The molecule has 4 heteroatoms. The predicted octanol–water partition coefficient (Wildman–Crippen LogP) is 3.41. The summed E-state index contributed by atoms with van der Waals surface area (Å²) in [6.45, 7) is 6.09. The predicted molar refractivity (Wildman–Crippen MR) is 99.3 cm³/mol. The van der Waals surface area contributed by atoms with Crippen molar-refractivity contribution in [2.24, 2.45) is 0 Å². The van der Waals surface area contributed by atoms with Crippen LogP contribution < -0.4 is 15.8 Å². The highest BCUT2D eigenvalue weighted by molar-refractivity contribution is 5.54. The van der Waals surface area contributed by atoms with Gasteiger partial charge in [0.15, 0.2) is 0 Å². The van der Waals surface area contributed by atoms with Crippen LogP contribution in [0.25, 0.3) is 0 Å². The number of ether oxygens (including phenoxy) is 2. The Morgan fingerprint density at radius 2 is 1.83 bits per heavy atom. The lowest BCUT2D eigenvalue weighted by molar-refractivity contribution is 0.145. The Morgan fingerprint density at radius 1 is 1.00 bits per heavy atom. The maximum Gasteiger partial charge on any atom is 0.142 e. The highest BCUT2D eigenvalue weighted by atomic mass is 16.5. The molecule has 0 bridgehead atoms. The number of nitrogens with one attached hydrogen (secondary N) is 1.